The molecule has 1 fully saturated rings. The quantitative estimate of drug-likeness (QED) is 0.665. The molecule has 0 bridgehead atoms. The SMILES string of the molecule is COc1cc(OC)c(NC(=O)C2CCN(S(=O)(=O)c3c(C)cc(C)cc3C)CC2)cc1Cl. The molecule has 2 aromatic carbocycles. The Morgan fingerprint density at radius 1 is 1.00 bits per heavy atom. The van der Waals surface area contributed by atoms with E-state index in [4.69, 9.17) is 21.1 Å². The van der Waals surface area contributed by atoms with Gasteiger partial charge < -0.3 is 14.8 Å². The Balaban J connectivity index is 1.71. The van der Waals surface area contributed by atoms with Crippen molar-refractivity contribution in [2.24, 2.45) is 5.92 Å². The molecule has 0 aliphatic carbocycles. The van der Waals surface area contributed by atoms with E-state index in [0.717, 1.165) is 16.7 Å². The second kappa shape index (κ2) is 9.68. The maximum atomic E-state index is 13.3. The second-order valence-electron chi connectivity index (χ2n) is 8.08. The lowest BCUT2D eigenvalue weighted by molar-refractivity contribution is -0.120. The number of rotatable bonds is 6. The average Bonchev–Trinajstić information content (AvgIpc) is 2.73. The largest absolute Gasteiger partial charge is 0.495 e. The van der Waals surface area contributed by atoms with Gasteiger partial charge in [0, 0.05) is 25.1 Å². The molecule has 1 heterocycles. The highest BCUT2D eigenvalue weighted by Crippen LogP contribution is 2.36. The van der Waals surface area contributed by atoms with Crippen LogP contribution >= 0.6 is 11.6 Å². The van der Waals surface area contributed by atoms with E-state index in [1.54, 1.807) is 12.1 Å². The average molecular weight is 481 g/mol. The van der Waals surface area contributed by atoms with Crippen LogP contribution in [0.25, 0.3) is 0 Å². The maximum absolute atomic E-state index is 13.3. The molecule has 1 N–H and O–H groups in total. The van der Waals surface area contributed by atoms with Crippen LogP contribution in [0.2, 0.25) is 5.02 Å². The Morgan fingerprint density at radius 3 is 2.09 bits per heavy atom. The highest BCUT2D eigenvalue weighted by molar-refractivity contribution is 7.89. The fourth-order valence-electron chi connectivity index (χ4n) is 4.25. The van der Waals surface area contributed by atoms with Crippen molar-refractivity contribution in [2.45, 2.75) is 38.5 Å². The van der Waals surface area contributed by atoms with Crippen molar-refractivity contribution >= 4 is 33.2 Å². The van der Waals surface area contributed by atoms with E-state index in [-0.39, 0.29) is 24.9 Å². The minimum atomic E-state index is -3.62. The molecule has 32 heavy (non-hydrogen) atoms. The highest BCUT2D eigenvalue weighted by atomic mass is 35.5. The summed E-state index contributed by atoms with van der Waals surface area (Å²) in [7, 11) is -0.625. The van der Waals surface area contributed by atoms with E-state index in [2.05, 4.69) is 5.32 Å². The normalized spacial score (nSPS) is 15.4. The number of carbonyl (C=O) groups excluding carboxylic acids is 1. The molecule has 1 aliphatic heterocycles. The predicted molar refractivity (Wildman–Crippen MR) is 125 cm³/mol. The summed E-state index contributed by atoms with van der Waals surface area (Å²) in [6.07, 6.45) is 0.864. The van der Waals surface area contributed by atoms with Crippen LogP contribution < -0.4 is 14.8 Å². The summed E-state index contributed by atoms with van der Waals surface area (Å²) in [5, 5.41) is 3.22. The number of piperidine rings is 1. The van der Waals surface area contributed by atoms with Gasteiger partial charge in [0.05, 0.1) is 29.8 Å². The van der Waals surface area contributed by atoms with E-state index < -0.39 is 10.0 Å². The number of anilines is 1. The van der Waals surface area contributed by atoms with Crippen LogP contribution in [0.1, 0.15) is 29.5 Å². The van der Waals surface area contributed by atoms with Crippen molar-refractivity contribution < 1.29 is 22.7 Å². The first-order valence-electron chi connectivity index (χ1n) is 10.4. The standard InChI is InChI=1S/C23H29ClN2O5S/c1-14-10-15(2)22(16(3)11-14)32(28,29)26-8-6-17(7-9-26)23(27)25-19-12-18(24)20(30-4)13-21(19)31-5/h10-13,17H,6-9H2,1-5H3,(H,25,27). The number of benzene rings is 2. The number of aryl methyl sites for hydroxylation is 3. The van der Waals surface area contributed by atoms with Crippen molar-refractivity contribution in [1.82, 2.24) is 4.31 Å². The Labute approximate surface area is 194 Å². The monoisotopic (exact) mass is 480 g/mol. The zero-order valence-electron chi connectivity index (χ0n) is 19.0. The fourth-order valence-corrected chi connectivity index (χ4v) is 6.38. The topological polar surface area (TPSA) is 84.9 Å². The molecule has 7 nitrogen and oxygen atoms in total. The number of amides is 1. The van der Waals surface area contributed by atoms with Gasteiger partial charge in [-0.1, -0.05) is 29.3 Å². The van der Waals surface area contributed by atoms with Crippen LogP contribution in [0.3, 0.4) is 0 Å². The molecular formula is C23H29ClN2O5S. The van der Waals surface area contributed by atoms with Crippen molar-refractivity contribution in [3.05, 3.63) is 46.0 Å². The number of halogens is 1. The predicted octanol–water partition coefficient (Wildman–Crippen LogP) is 4.32. The fraction of sp³-hybridized carbons (Fsp3) is 0.435. The third-order valence-electron chi connectivity index (χ3n) is 5.76. The number of carbonyl (C=O) groups is 1. The van der Waals surface area contributed by atoms with Gasteiger partial charge in [-0.25, -0.2) is 8.42 Å². The third-order valence-corrected chi connectivity index (χ3v) is 8.26. The molecule has 1 saturated heterocycles. The smallest absolute Gasteiger partial charge is 0.243 e. The summed E-state index contributed by atoms with van der Waals surface area (Å²) in [6, 6.07) is 6.96. The molecule has 0 atom stereocenters. The molecule has 1 amide bonds. The van der Waals surface area contributed by atoms with Crippen molar-refractivity contribution in [3.63, 3.8) is 0 Å². The number of nitrogens with zero attached hydrogens (tertiary/aromatic N) is 1. The summed E-state index contributed by atoms with van der Waals surface area (Å²) in [5.74, 6) is 0.378. The zero-order valence-corrected chi connectivity index (χ0v) is 20.6. The Kier molecular flexibility index (Phi) is 7.37. The van der Waals surface area contributed by atoms with Gasteiger partial charge in [-0.05, 0) is 50.8 Å². The number of nitrogens with one attached hydrogen (secondary N) is 1. The highest BCUT2D eigenvalue weighted by Gasteiger charge is 2.34. The van der Waals surface area contributed by atoms with E-state index in [9.17, 15) is 13.2 Å². The van der Waals surface area contributed by atoms with E-state index in [1.165, 1.54) is 18.5 Å². The summed E-state index contributed by atoms with van der Waals surface area (Å²) in [5.41, 5.74) is 2.96. The summed E-state index contributed by atoms with van der Waals surface area (Å²) >= 11 is 6.19. The number of hydrogen-bond donors (Lipinski definition) is 1. The Hall–Kier alpha value is -2.29. The van der Waals surface area contributed by atoms with Gasteiger partial charge in [-0.3, -0.25) is 4.79 Å². The first kappa shape index (κ1) is 24.4. The lowest BCUT2D eigenvalue weighted by Gasteiger charge is -2.31. The number of sulfonamides is 1. The molecule has 174 valence electrons. The van der Waals surface area contributed by atoms with E-state index >= 15 is 0 Å². The molecule has 0 radical (unpaired) electrons. The first-order chi connectivity index (χ1) is 15.1. The van der Waals surface area contributed by atoms with Crippen LogP contribution in [-0.4, -0.2) is 45.9 Å². The Morgan fingerprint density at radius 2 is 1.56 bits per heavy atom. The molecule has 0 unspecified atom stereocenters. The van der Waals surface area contributed by atoms with Gasteiger partial charge in [0.25, 0.3) is 0 Å². The van der Waals surface area contributed by atoms with Crippen LogP contribution in [0, 0.1) is 26.7 Å². The van der Waals surface area contributed by atoms with Crippen LogP contribution in [0.5, 0.6) is 11.5 Å². The number of methoxy groups -OCH3 is 2. The molecule has 0 aromatic heterocycles. The molecule has 1 aliphatic rings. The van der Waals surface area contributed by atoms with Gasteiger partial charge in [0.1, 0.15) is 11.5 Å². The Bertz CT molecular complexity index is 1100. The van der Waals surface area contributed by atoms with Gasteiger partial charge in [0.2, 0.25) is 15.9 Å². The summed E-state index contributed by atoms with van der Waals surface area (Å²) in [4.78, 5) is 13.2. The van der Waals surface area contributed by atoms with Gasteiger partial charge in [-0.15, -0.1) is 0 Å². The zero-order chi connectivity index (χ0) is 23.6. The minimum absolute atomic E-state index is 0.190. The molecule has 3 rings (SSSR count). The summed E-state index contributed by atoms with van der Waals surface area (Å²) in [6.45, 7) is 6.16. The lowest BCUT2D eigenvalue weighted by atomic mass is 9.97. The van der Waals surface area contributed by atoms with Gasteiger partial charge in [0.15, 0.2) is 0 Å². The minimum Gasteiger partial charge on any atom is -0.495 e. The number of ether oxygens (including phenoxy) is 2. The van der Waals surface area contributed by atoms with Gasteiger partial charge >= 0.3 is 0 Å². The molecular weight excluding hydrogens is 452 g/mol. The molecule has 0 spiro atoms. The van der Waals surface area contributed by atoms with E-state index in [1.807, 2.05) is 32.9 Å². The maximum Gasteiger partial charge on any atom is 0.243 e. The van der Waals surface area contributed by atoms with Crippen LogP contribution in [-0.2, 0) is 14.8 Å². The third kappa shape index (κ3) is 4.87. The second-order valence-corrected chi connectivity index (χ2v) is 10.4. The van der Waals surface area contributed by atoms with Crippen molar-refractivity contribution in [2.75, 3.05) is 32.6 Å². The van der Waals surface area contributed by atoms with Crippen molar-refractivity contribution in [3.8, 4) is 11.5 Å². The first-order valence-corrected chi connectivity index (χ1v) is 12.2. The molecule has 2 aromatic rings. The summed E-state index contributed by atoms with van der Waals surface area (Å²) < 4.78 is 38.5. The molecule has 0 saturated carbocycles. The number of hydrogen-bond acceptors (Lipinski definition) is 5. The molecule has 9 heteroatoms. The van der Waals surface area contributed by atoms with Crippen LogP contribution in [0.15, 0.2) is 29.2 Å². The lowest BCUT2D eigenvalue weighted by Crippen LogP contribution is -2.41. The van der Waals surface area contributed by atoms with Crippen molar-refractivity contribution in [1.29, 1.82) is 0 Å². The van der Waals surface area contributed by atoms with Gasteiger partial charge in [-0.2, -0.15) is 4.31 Å². The van der Waals surface area contributed by atoms with E-state index in [0.29, 0.717) is 39.9 Å². The van der Waals surface area contributed by atoms with Crippen LogP contribution in [0.4, 0.5) is 5.69 Å².